The summed E-state index contributed by atoms with van der Waals surface area (Å²) >= 11 is 1.93. The molecule has 0 bridgehead atoms. The van der Waals surface area contributed by atoms with Crippen molar-refractivity contribution in [1.82, 2.24) is 9.62 Å². The first kappa shape index (κ1) is 19.4. The third-order valence-corrected chi connectivity index (χ3v) is 6.97. The number of carbonyl (C=O) groups is 3. The van der Waals surface area contributed by atoms with Crippen molar-refractivity contribution >= 4 is 40.4 Å². The minimum absolute atomic E-state index is 0.00822. The van der Waals surface area contributed by atoms with Gasteiger partial charge >= 0.3 is 5.30 Å². The molecule has 2 aliphatic rings. The number of carbonyl (C=O) groups excluding carboxylic acids is 3. The molecule has 0 unspecified atom stereocenters. The Bertz CT molecular complexity index is 652. The van der Waals surface area contributed by atoms with E-state index in [9.17, 15) is 14.4 Å². The highest BCUT2D eigenvalue weighted by atomic mass is 32.2. The second kappa shape index (κ2) is 9.03. The Hall–Kier alpha value is -1.35. The molecule has 2 heterocycles. The van der Waals surface area contributed by atoms with E-state index in [1.807, 2.05) is 30.3 Å². The van der Waals surface area contributed by atoms with Crippen LogP contribution < -0.4 is 5.32 Å². The third-order valence-electron chi connectivity index (χ3n) is 4.51. The van der Waals surface area contributed by atoms with Crippen LogP contribution in [0.25, 0.3) is 0 Å². The molecule has 2 atom stereocenters. The zero-order valence-corrected chi connectivity index (χ0v) is 16.0. The maximum atomic E-state index is 12.4. The fourth-order valence-corrected chi connectivity index (χ4v) is 5.28. The fraction of sp³-hybridized carbons (Fsp3) is 0.500. The normalized spacial score (nSPS) is 25.9. The van der Waals surface area contributed by atoms with Gasteiger partial charge in [-0.2, -0.15) is 0 Å². The van der Waals surface area contributed by atoms with Crippen LogP contribution in [0.2, 0.25) is 0 Å². The van der Waals surface area contributed by atoms with E-state index in [1.165, 1.54) is 0 Å². The summed E-state index contributed by atoms with van der Waals surface area (Å²) in [5, 5.41) is 2.68. The highest BCUT2D eigenvalue weighted by Gasteiger charge is 2.46. The average molecular weight is 395 g/mol. The standard InChI is InChI=1S/C18H22N2O4S2/c21-13-18(25-17(23)24-12-14-6-2-1-3-7-14)9-5-11-20(18)26-16(22)15-8-4-10-19-15/h1-3,6-7,13,15,19H,4-5,8-12H2/t15-,18+/m0/s1. The second-order valence-corrected chi connectivity index (χ2v) is 8.62. The number of benzene rings is 1. The molecule has 2 fully saturated rings. The van der Waals surface area contributed by atoms with E-state index in [2.05, 4.69) is 5.32 Å². The SMILES string of the molecule is O=C[C@]1(SC(=O)OCc2ccccc2)CCCN1SC(=O)[C@@H]1CCCN1. The Labute approximate surface area is 161 Å². The summed E-state index contributed by atoms with van der Waals surface area (Å²) in [6.45, 7) is 1.61. The lowest BCUT2D eigenvalue weighted by molar-refractivity contribution is -0.112. The molecule has 1 aromatic carbocycles. The van der Waals surface area contributed by atoms with Crippen LogP contribution in [0, 0.1) is 0 Å². The third kappa shape index (κ3) is 4.68. The van der Waals surface area contributed by atoms with E-state index in [0.717, 1.165) is 61.4 Å². The van der Waals surface area contributed by atoms with Crippen LogP contribution in [0.15, 0.2) is 30.3 Å². The highest BCUT2D eigenvalue weighted by Crippen LogP contribution is 2.43. The maximum Gasteiger partial charge on any atom is 0.369 e. The van der Waals surface area contributed by atoms with Crippen LogP contribution in [0.1, 0.15) is 31.2 Å². The molecule has 0 aromatic heterocycles. The zero-order valence-electron chi connectivity index (χ0n) is 14.4. The van der Waals surface area contributed by atoms with E-state index in [1.54, 1.807) is 4.31 Å². The highest BCUT2D eigenvalue weighted by molar-refractivity contribution is 8.16. The van der Waals surface area contributed by atoms with Crippen molar-refractivity contribution in [2.75, 3.05) is 13.1 Å². The quantitative estimate of drug-likeness (QED) is 0.448. The van der Waals surface area contributed by atoms with Crippen molar-refractivity contribution in [2.45, 2.75) is 43.2 Å². The lowest BCUT2D eigenvalue weighted by Gasteiger charge is -2.30. The summed E-state index contributed by atoms with van der Waals surface area (Å²) in [5.41, 5.74) is 0.891. The van der Waals surface area contributed by atoms with Gasteiger partial charge in [0, 0.05) is 18.5 Å². The summed E-state index contributed by atoms with van der Waals surface area (Å²) in [6, 6.07) is 9.23. The van der Waals surface area contributed by atoms with Gasteiger partial charge in [0.15, 0.2) is 6.29 Å². The van der Waals surface area contributed by atoms with Gasteiger partial charge in [-0.3, -0.25) is 4.79 Å². The summed E-state index contributed by atoms with van der Waals surface area (Å²) < 4.78 is 7.05. The lowest BCUT2D eigenvalue weighted by atomic mass is 10.2. The molecule has 0 saturated carbocycles. The Balaban J connectivity index is 1.58. The lowest BCUT2D eigenvalue weighted by Crippen LogP contribution is -2.41. The van der Waals surface area contributed by atoms with Crippen LogP contribution in [0.3, 0.4) is 0 Å². The molecule has 6 nitrogen and oxygen atoms in total. The Morgan fingerprint density at radius 3 is 2.81 bits per heavy atom. The largest absolute Gasteiger partial charge is 0.453 e. The average Bonchev–Trinajstić information content (AvgIpc) is 3.32. The molecule has 0 radical (unpaired) electrons. The monoisotopic (exact) mass is 394 g/mol. The van der Waals surface area contributed by atoms with E-state index in [4.69, 9.17) is 4.74 Å². The number of nitrogens with zero attached hydrogens (tertiary/aromatic N) is 1. The predicted molar refractivity (Wildman–Crippen MR) is 103 cm³/mol. The number of rotatable bonds is 6. The zero-order chi connectivity index (χ0) is 18.4. The van der Waals surface area contributed by atoms with Gasteiger partial charge in [0.1, 0.15) is 11.5 Å². The van der Waals surface area contributed by atoms with E-state index in [-0.39, 0.29) is 17.8 Å². The second-order valence-electron chi connectivity index (χ2n) is 6.35. The van der Waals surface area contributed by atoms with E-state index in [0.29, 0.717) is 13.0 Å². The van der Waals surface area contributed by atoms with Crippen molar-refractivity contribution in [3.8, 4) is 0 Å². The van der Waals surface area contributed by atoms with Crippen molar-refractivity contribution in [1.29, 1.82) is 0 Å². The van der Waals surface area contributed by atoms with Gasteiger partial charge in [0.25, 0.3) is 0 Å². The van der Waals surface area contributed by atoms with Crippen LogP contribution in [-0.4, -0.2) is 45.0 Å². The molecule has 8 heteroatoms. The molecule has 2 saturated heterocycles. The molecule has 140 valence electrons. The van der Waals surface area contributed by atoms with Crippen LogP contribution in [0.4, 0.5) is 4.79 Å². The summed E-state index contributed by atoms with van der Waals surface area (Å²) in [6.07, 6.45) is 3.86. The van der Waals surface area contributed by atoms with E-state index < -0.39 is 10.2 Å². The van der Waals surface area contributed by atoms with Crippen LogP contribution in [-0.2, 0) is 20.9 Å². The number of hydrogen-bond acceptors (Lipinski definition) is 8. The van der Waals surface area contributed by atoms with Gasteiger partial charge in [-0.05, 0) is 49.6 Å². The van der Waals surface area contributed by atoms with Crippen molar-refractivity contribution in [3.63, 3.8) is 0 Å². The molecule has 0 amide bonds. The Morgan fingerprint density at radius 2 is 2.12 bits per heavy atom. The summed E-state index contributed by atoms with van der Waals surface area (Å²) in [7, 11) is 0. The number of ether oxygens (including phenoxy) is 1. The van der Waals surface area contributed by atoms with Gasteiger partial charge in [0.2, 0.25) is 5.12 Å². The molecule has 26 heavy (non-hydrogen) atoms. The molecule has 1 N–H and O–H groups in total. The smallest absolute Gasteiger partial charge is 0.369 e. The molecule has 0 aliphatic carbocycles. The van der Waals surface area contributed by atoms with Crippen molar-refractivity contribution < 1.29 is 19.1 Å². The Morgan fingerprint density at radius 1 is 1.31 bits per heavy atom. The van der Waals surface area contributed by atoms with Crippen molar-refractivity contribution in [2.24, 2.45) is 0 Å². The molecule has 0 spiro atoms. The summed E-state index contributed by atoms with van der Waals surface area (Å²) in [5.74, 6) is 0. The van der Waals surface area contributed by atoms with Gasteiger partial charge in [-0.1, -0.05) is 30.3 Å². The van der Waals surface area contributed by atoms with E-state index >= 15 is 0 Å². The number of aldehydes is 1. The minimum atomic E-state index is -1.04. The van der Waals surface area contributed by atoms with Crippen molar-refractivity contribution in [3.05, 3.63) is 35.9 Å². The number of nitrogens with one attached hydrogen (secondary N) is 1. The minimum Gasteiger partial charge on any atom is -0.453 e. The van der Waals surface area contributed by atoms with Gasteiger partial charge in [-0.25, -0.2) is 9.10 Å². The fourth-order valence-electron chi connectivity index (χ4n) is 3.10. The van der Waals surface area contributed by atoms with Crippen LogP contribution >= 0.6 is 23.7 Å². The molecule has 1 aromatic rings. The van der Waals surface area contributed by atoms with Gasteiger partial charge in [0.05, 0.1) is 6.04 Å². The maximum absolute atomic E-state index is 12.4. The topological polar surface area (TPSA) is 75.7 Å². The number of hydrogen-bond donors (Lipinski definition) is 1. The summed E-state index contributed by atoms with van der Waals surface area (Å²) in [4.78, 5) is 35.5. The Kier molecular flexibility index (Phi) is 6.74. The number of thioether (sulfide) groups is 1. The first-order valence-corrected chi connectivity index (χ1v) is 10.3. The molecule has 3 rings (SSSR count). The molecule has 2 aliphatic heterocycles. The van der Waals surface area contributed by atoms with Gasteiger partial charge in [-0.15, -0.1) is 0 Å². The van der Waals surface area contributed by atoms with Gasteiger partial charge < -0.3 is 14.8 Å². The predicted octanol–water partition coefficient (Wildman–Crippen LogP) is 2.97. The molecular formula is C18H22N2O4S2. The van der Waals surface area contributed by atoms with Crippen LogP contribution in [0.5, 0.6) is 0 Å². The first-order valence-electron chi connectivity index (χ1n) is 8.72. The first-order chi connectivity index (χ1) is 12.6. The molecular weight excluding hydrogens is 372 g/mol.